The van der Waals surface area contributed by atoms with E-state index in [1.807, 2.05) is 6.92 Å². The molecule has 0 aliphatic heterocycles. The van der Waals surface area contributed by atoms with Gasteiger partial charge in [-0.25, -0.2) is 18.1 Å². The highest BCUT2D eigenvalue weighted by atomic mass is 32.2. The van der Waals surface area contributed by atoms with E-state index in [1.165, 1.54) is 18.7 Å². The van der Waals surface area contributed by atoms with Crippen molar-refractivity contribution in [1.82, 2.24) is 14.3 Å². The second-order valence-corrected chi connectivity index (χ2v) is 8.37. The first-order chi connectivity index (χ1) is 11.0. The van der Waals surface area contributed by atoms with Gasteiger partial charge in [0.05, 0.1) is 16.8 Å². The van der Waals surface area contributed by atoms with Crippen molar-refractivity contribution < 1.29 is 8.42 Å². The summed E-state index contributed by atoms with van der Waals surface area (Å²) in [5.41, 5.74) is 3.29. The molecule has 2 aromatic rings. The van der Waals surface area contributed by atoms with Crippen LogP contribution < -0.4 is 4.72 Å². The van der Waals surface area contributed by atoms with E-state index in [2.05, 4.69) is 34.5 Å². The number of hydrogen-bond donors (Lipinski definition) is 1. The average molecular weight is 335 g/mol. The van der Waals surface area contributed by atoms with Gasteiger partial charge in [-0.05, 0) is 43.4 Å². The van der Waals surface area contributed by atoms with Crippen LogP contribution in [0.15, 0.2) is 18.2 Å². The summed E-state index contributed by atoms with van der Waals surface area (Å²) in [6, 6.07) is 6.25. The summed E-state index contributed by atoms with van der Waals surface area (Å²) in [7, 11) is -1.06. The molecule has 1 aliphatic rings. The number of imidazole rings is 1. The Kier molecular flexibility index (Phi) is 4.73. The van der Waals surface area contributed by atoms with Crippen molar-refractivity contribution in [2.45, 2.75) is 44.9 Å². The lowest BCUT2D eigenvalue weighted by Crippen LogP contribution is -2.28. The van der Waals surface area contributed by atoms with Gasteiger partial charge in [0, 0.05) is 19.5 Å². The number of nitrogens with one attached hydrogen (secondary N) is 1. The Morgan fingerprint density at radius 3 is 2.83 bits per heavy atom. The lowest BCUT2D eigenvalue weighted by Gasteiger charge is -2.06. The highest BCUT2D eigenvalue weighted by Gasteiger charge is 2.28. The van der Waals surface area contributed by atoms with Crippen LogP contribution in [0.4, 0.5) is 0 Å². The van der Waals surface area contributed by atoms with E-state index in [9.17, 15) is 8.42 Å². The molecule has 1 heterocycles. The fraction of sp³-hybridized carbons (Fsp3) is 0.588. The van der Waals surface area contributed by atoms with Gasteiger partial charge in [-0.2, -0.15) is 0 Å². The minimum absolute atomic E-state index is 0.216. The lowest BCUT2D eigenvalue weighted by atomic mass is 10.1. The molecular weight excluding hydrogens is 310 g/mol. The van der Waals surface area contributed by atoms with Gasteiger partial charge < -0.3 is 4.57 Å². The Bertz CT molecular complexity index is 792. The summed E-state index contributed by atoms with van der Waals surface area (Å²) < 4.78 is 28.5. The predicted octanol–water partition coefficient (Wildman–Crippen LogP) is 2.71. The minimum Gasteiger partial charge on any atom is -0.331 e. The smallest absolute Gasteiger partial charge is 0.211 e. The molecule has 23 heavy (non-hydrogen) atoms. The van der Waals surface area contributed by atoms with Crippen molar-refractivity contribution in [2.75, 3.05) is 12.3 Å². The Balaban J connectivity index is 1.64. The normalized spacial score (nSPS) is 15.4. The van der Waals surface area contributed by atoms with Crippen LogP contribution in [0.3, 0.4) is 0 Å². The average Bonchev–Trinajstić information content (AvgIpc) is 3.30. The molecule has 0 bridgehead atoms. The molecule has 0 radical (unpaired) electrons. The second kappa shape index (κ2) is 6.61. The maximum absolute atomic E-state index is 11.8. The van der Waals surface area contributed by atoms with E-state index in [0.717, 1.165) is 23.0 Å². The summed E-state index contributed by atoms with van der Waals surface area (Å²) in [4.78, 5) is 4.76. The third-order valence-corrected chi connectivity index (χ3v) is 5.89. The van der Waals surface area contributed by atoms with E-state index in [1.54, 1.807) is 0 Å². The maximum atomic E-state index is 11.8. The van der Waals surface area contributed by atoms with Gasteiger partial charge in [-0.3, -0.25) is 0 Å². The van der Waals surface area contributed by atoms with Gasteiger partial charge in [0.1, 0.15) is 5.82 Å². The van der Waals surface area contributed by atoms with Gasteiger partial charge in [0.25, 0.3) is 0 Å². The van der Waals surface area contributed by atoms with Crippen LogP contribution in [0.1, 0.15) is 49.9 Å². The van der Waals surface area contributed by atoms with Crippen molar-refractivity contribution in [3.63, 3.8) is 0 Å². The number of nitrogens with zero attached hydrogens (tertiary/aromatic N) is 2. The van der Waals surface area contributed by atoms with Crippen LogP contribution >= 0.6 is 0 Å². The Morgan fingerprint density at radius 2 is 2.13 bits per heavy atom. The fourth-order valence-electron chi connectivity index (χ4n) is 2.88. The van der Waals surface area contributed by atoms with E-state index in [0.29, 0.717) is 25.3 Å². The van der Waals surface area contributed by atoms with Gasteiger partial charge in [0.2, 0.25) is 10.0 Å². The number of benzene rings is 1. The SMILES string of the molecule is CCCCS(=O)(=O)NCCc1ccc2c(c1)nc(C1CC1)n2C. The molecule has 1 N–H and O–H groups in total. The van der Waals surface area contributed by atoms with Crippen molar-refractivity contribution in [3.8, 4) is 0 Å². The van der Waals surface area contributed by atoms with E-state index >= 15 is 0 Å². The third kappa shape index (κ3) is 3.93. The molecule has 0 saturated heterocycles. The fourth-order valence-corrected chi connectivity index (χ4v) is 4.11. The molecule has 1 aliphatic carbocycles. The molecule has 1 aromatic carbocycles. The molecule has 5 nitrogen and oxygen atoms in total. The molecule has 0 unspecified atom stereocenters. The molecular formula is C17H25N3O2S. The summed E-state index contributed by atoms with van der Waals surface area (Å²) in [6.07, 6.45) is 4.77. The molecule has 1 saturated carbocycles. The third-order valence-electron chi connectivity index (χ3n) is 4.42. The van der Waals surface area contributed by atoms with Crippen LogP contribution in [0.25, 0.3) is 11.0 Å². The summed E-state index contributed by atoms with van der Waals surface area (Å²) in [5.74, 6) is 2.02. The predicted molar refractivity (Wildman–Crippen MR) is 93.1 cm³/mol. The van der Waals surface area contributed by atoms with Crippen LogP contribution in [-0.2, 0) is 23.5 Å². The first kappa shape index (κ1) is 16.5. The first-order valence-corrected chi connectivity index (χ1v) is 10.1. The number of hydrogen-bond acceptors (Lipinski definition) is 3. The van der Waals surface area contributed by atoms with Gasteiger partial charge in [-0.1, -0.05) is 19.4 Å². The molecule has 1 aromatic heterocycles. The Hall–Kier alpha value is -1.40. The number of rotatable bonds is 8. The summed E-state index contributed by atoms with van der Waals surface area (Å²) in [5, 5.41) is 0. The summed E-state index contributed by atoms with van der Waals surface area (Å²) >= 11 is 0. The number of unbranched alkanes of at least 4 members (excludes halogenated alkanes) is 1. The Labute approximate surface area is 138 Å². The van der Waals surface area contributed by atoms with Gasteiger partial charge in [-0.15, -0.1) is 0 Å². The monoisotopic (exact) mass is 335 g/mol. The molecule has 126 valence electrons. The topological polar surface area (TPSA) is 64.0 Å². The van der Waals surface area contributed by atoms with Crippen molar-refractivity contribution in [3.05, 3.63) is 29.6 Å². The molecule has 0 amide bonds. The Morgan fingerprint density at radius 1 is 1.35 bits per heavy atom. The number of fused-ring (bicyclic) bond motifs is 1. The number of sulfonamides is 1. The van der Waals surface area contributed by atoms with E-state index in [-0.39, 0.29) is 5.75 Å². The molecule has 0 spiro atoms. The zero-order chi connectivity index (χ0) is 16.4. The highest BCUT2D eigenvalue weighted by molar-refractivity contribution is 7.89. The van der Waals surface area contributed by atoms with Crippen molar-refractivity contribution in [2.24, 2.45) is 7.05 Å². The van der Waals surface area contributed by atoms with Gasteiger partial charge >= 0.3 is 0 Å². The second-order valence-electron chi connectivity index (χ2n) is 6.44. The molecule has 6 heteroatoms. The number of aryl methyl sites for hydroxylation is 1. The quantitative estimate of drug-likeness (QED) is 0.807. The lowest BCUT2D eigenvalue weighted by molar-refractivity contribution is 0.578. The molecule has 0 atom stereocenters. The molecule has 1 fully saturated rings. The highest BCUT2D eigenvalue weighted by Crippen LogP contribution is 2.40. The zero-order valence-electron chi connectivity index (χ0n) is 13.9. The van der Waals surface area contributed by atoms with Gasteiger partial charge in [0.15, 0.2) is 0 Å². The molecule has 3 rings (SSSR count). The maximum Gasteiger partial charge on any atom is 0.211 e. The van der Waals surface area contributed by atoms with E-state index < -0.39 is 10.0 Å². The standard InChI is InChI=1S/C17H25N3O2S/c1-3-4-11-23(21,22)18-10-9-13-5-8-16-15(12-13)19-17(20(16)2)14-6-7-14/h5,8,12,14,18H,3-4,6-7,9-11H2,1-2H3. The van der Waals surface area contributed by atoms with Crippen LogP contribution in [-0.4, -0.2) is 30.3 Å². The van der Waals surface area contributed by atoms with E-state index in [4.69, 9.17) is 4.98 Å². The van der Waals surface area contributed by atoms with Crippen molar-refractivity contribution in [1.29, 1.82) is 0 Å². The first-order valence-electron chi connectivity index (χ1n) is 8.43. The number of aromatic nitrogens is 2. The summed E-state index contributed by atoms with van der Waals surface area (Å²) in [6.45, 7) is 2.44. The van der Waals surface area contributed by atoms with Crippen LogP contribution in [0.2, 0.25) is 0 Å². The largest absolute Gasteiger partial charge is 0.331 e. The zero-order valence-corrected chi connectivity index (χ0v) is 14.7. The van der Waals surface area contributed by atoms with Crippen LogP contribution in [0.5, 0.6) is 0 Å². The minimum atomic E-state index is -3.13. The van der Waals surface area contributed by atoms with Crippen LogP contribution in [0, 0.1) is 0 Å². The van der Waals surface area contributed by atoms with Crippen molar-refractivity contribution >= 4 is 21.1 Å².